The van der Waals surface area contributed by atoms with Gasteiger partial charge in [-0.15, -0.1) is 0 Å². The highest BCUT2D eigenvalue weighted by Crippen LogP contribution is 2.38. The van der Waals surface area contributed by atoms with Crippen molar-refractivity contribution in [1.29, 1.82) is 0 Å². The van der Waals surface area contributed by atoms with Gasteiger partial charge in [0.05, 0.1) is 4.92 Å². The molecule has 2 aliphatic heterocycles. The lowest BCUT2D eigenvalue weighted by Gasteiger charge is -2.35. The van der Waals surface area contributed by atoms with E-state index in [-0.39, 0.29) is 23.7 Å². The molecule has 13 heteroatoms. The first kappa shape index (κ1) is 28.9. The number of nitro benzene ring substituents is 1. The Labute approximate surface area is 229 Å². The Bertz CT molecular complexity index is 1300. The molecule has 2 aliphatic rings. The molecule has 40 heavy (non-hydrogen) atoms. The molecule has 214 valence electrons. The maximum Gasteiger partial charge on any atom is 0.408 e. The van der Waals surface area contributed by atoms with Crippen molar-refractivity contribution in [3.8, 4) is 0 Å². The third-order valence-electron chi connectivity index (χ3n) is 6.71. The van der Waals surface area contributed by atoms with Crippen LogP contribution in [0.5, 0.6) is 0 Å². The summed E-state index contributed by atoms with van der Waals surface area (Å²) in [5.74, 6) is -4.05. The fourth-order valence-electron chi connectivity index (χ4n) is 4.88. The minimum absolute atomic E-state index is 0.125. The van der Waals surface area contributed by atoms with Gasteiger partial charge in [0, 0.05) is 31.9 Å². The van der Waals surface area contributed by atoms with Gasteiger partial charge in [-0.2, -0.15) is 0 Å². The van der Waals surface area contributed by atoms with E-state index in [1.165, 1.54) is 12.1 Å². The van der Waals surface area contributed by atoms with Crippen LogP contribution in [0.15, 0.2) is 36.4 Å². The number of non-ortho nitro benzene ring substituents is 1. The largest absolute Gasteiger partial charge is 0.444 e. The Morgan fingerprint density at radius 2 is 1.77 bits per heavy atom. The quantitative estimate of drug-likeness (QED) is 0.398. The molecule has 2 aromatic carbocycles. The number of ether oxygens (including phenoxy) is 2. The van der Waals surface area contributed by atoms with E-state index in [2.05, 4.69) is 10.6 Å². The van der Waals surface area contributed by atoms with Crippen LogP contribution in [0.25, 0.3) is 0 Å². The minimum Gasteiger partial charge on any atom is -0.444 e. The number of para-hydroxylation sites is 1. The number of nitrogens with zero attached hydrogens (tertiary/aromatic N) is 2. The topological polar surface area (TPSA) is 140 Å². The first-order valence-electron chi connectivity index (χ1n) is 12.8. The summed E-state index contributed by atoms with van der Waals surface area (Å²) in [6.45, 7) is 5.60. The highest BCUT2D eigenvalue weighted by atomic mass is 19.1. The van der Waals surface area contributed by atoms with E-state index in [0.717, 1.165) is 29.2 Å². The van der Waals surface area contributed by atoms with E-state index in [4.69, 9.17) is 9.47 Å². The van der Waals surface area contributed by atoms with Crippen molar-refractivity contribution in [2.24, 2.45) is 5.92 Å². The molecule has 4 rings (SSSR count). The van der Waals surface area contributed by atoms with Gasteiger partial charge in [0.2, 0.25) is 5.91 Å². The second kappa shape index (κ2) is 11.5. The monoisotopic (exact) mass is 560 g/mol. The van der Waals surface area contributed by atoms with Crippen LogP contribution in [0.3, 0.4) is 0 Å². The van der Waals surface area contributed by atoms with Gasteiger partial charge < -0.3 is 25.0 Å². The molecular formula is C27H30F2N4O7. The lowest BCUT2D eigenvalue weighted by molar-refractivity contribution is -0.384. The highest BCUT2D eigenvalue weighted by Gasteiger charge is 2.44. The van der Waals surface area contributed by atoms with Gasteiger partial charge in [0.1, 0.15) is 35.0 Å². The number of nitrogens with one attached hydrogen (secondary N) is 2. The number of carbonyl (C=O) groups is 3. The number of fused-ring (bicyclic) bond motifs is 1. The number of amides is 3. The number of carbonyl (C=O) groups excluding carboxylic acids is 3. The summed E-state index contributed by atoms with van der Waals surface area (Å²) in [6, 6.07) is 4.29. The van der Waals surface area contributed by atoms with Gasteiger partial charge in [0.25, 0.3) is 11.6 Å². The number of nitro groups is 1. The Morgan fingerprint density at radius 1 is 1.12 bits per heavy atom. The molecule has 0 saturated carbocycles. The molecule has 2 heterocycles. The zero-order valence-electron chi connectivity index (χ0n) is 22.2. The normalized spacial score (nSPS) is 18.0. The Balaban J connectivity index is 1.71. The fourth-order valence-corrected chi connectivity index (χ4v) is 4.88. The van der Waals surface area contributed by atoms with Crippen molar-refractivity contribution in [1.82, 2.24) is 10.2 Å². The van der Waals surface area contributed by atoms with Crippen molar-refractivity contribution in [3.63, 3.8) is 0 Å². The van der Waals surface area contributed by atoms with E-state index < -0.39 is 57.8 Å². The second-order valence-electron chi connectivity index (χ2n) is 10.7. The summed E-state index contributed by atoms with van der Waals surface area (Å²) in [7, 11) is 0. The van der Waals surface area contributed by atoms with Crippen molar-refractivity contribution in [3.05, 3.63) is 69.3 Å². The molecule has 1 unspecified atom stereocenters. The maximum atomic E-state index is 14.4. The smallest absolute Gasteiger partial charge is 0.408 e. The minimum atomic E-state index is -1.47. The molecule has 0 spiro atoms. The first-order chi connectivity index (χ1) is 18.9. The number of rotatable bonds is 6. The standard InChI is InChI=1S/C27H30F2N4O7/c1-27(2,3)40-26(36)31-21(15-9-11-39-12-10-15)25(35)32-14-16-7-8-17(33(37)38)13-18(16)23(32)24(34)30-22-19(28)5-4-6-20(22)29/h4-8,13,15,21,23H,9-12,14H2,1-3H3,(H,30,34)(H,31,36)/t21?,23-/m0/s1. The molecule has 0 aromatic heterocycles. The van der Waals surface area contributed by atoms with Gasteiger partial charge in [-0.1, -0.05) is 12.1 Å². The van der Waals surface area contributed by atoms with Crippen LogP contribution in [0.2, 0.25) is 0 Å². The van der Waals surface area contributed by atoms with Crippen molar-refractivity contribution >= 4 is 29.3 Å². The molecule has 3 amide bonds. The van der Waals surface area contributed by atoms with E-state index in [1.54, 1.807) is 20.8 Å². The third-order valence-corrected chi connectivity index (χ3v) is 6.71. The van der Waals surface area contributed by atoms with Crippen molar-refractivity contribution < 1.29 is 37.6 Å². The van der Waals surface area contributed by atoms with Gasteiger partial charge >= 0.3 is 6.09 Å². The number of halogens is 2. The van der Waals surface area contributed by atoms with E-state index in [0.29, 0.717) is 31.6 Å². The molecule has 0 radical (unpaired) electrons. The molecule has 2 aromatic rings. The van der Waals surface area contributed by atoms with E-state index >= 15 is 0 Å². The average Bonchev–Trinajstić information content (AvgIpc) is 3.27. The molecule has 11 nitrogen and oxygen atoms in total. The Kier molecular flexibility index (Phi) is 8.33. The molecule has 2 N–H and O–H groups in total. The van der Waals surface area contributed by atoms with Crippen LogP contribution in [0.4, 0.5) is 25.0 Å². The lowest BCUT2D eigenvalue weighted by atomic mass is 9.90. The van der Waals surface area contributed by atoms with Gasteiger partial charge in [-0.25, -0.2) is 13.6 Å². The molecule has 1 fully saturated rings. The van der Waals surface area contributed by atoms with Gasteiger partial charge in [-0.3, -0.25) is 19.7 Å². The number of hydrogen-bond acceptors (Lipinski definition) is 7. The maximum absolute atomic E-state index is 14.4. The summed E-state index contributed by atoms with van der Waals surface area (Å²) < 4.78 is 39.5. The molecule has 2 atom stereocenters. The molecular weight excluding hydrogens is 530 g/mol. The van der Waals surface area contributed by atoms with Crippen LogP contribution < -0.4 is 10.6 Å². The zero-order chi connectivity index (χ0) is 29.2. The summed E-state index contributed by atoms with van der Waals surface area (Å²) in [5, 5.41) is 16.3. The fraction of sp³-hybridized carbons (Fsp3) is 0.444. The average molecular weight is 561 g/mol. The zero-order valence-corrected chi connectivity index (χ0v) is 22.2. The van der Waals surface area contributed by atoms with Gasteiger partial charge in [-0.05, 0) is 62.8 Å². The van der Waals surface area contributed by atoms with Crippen molar-refractivity contribution in [2.75, 3.05) is 18.5 Å². The van der Waals surface area contributed by atoms with E-state index in [1.807, 2.05) is 0 Å². The second-order valence-corrected chi connectivity index (χ2v) is 10.7. The summed E-state index contributed by atoms with van der Waals surface area (Å²) in [6.07, 6.45) is 0.0463. The molecule has 0 aliphatic carbocycles. The summed E-state index contributed by atoms with van der Waals surface area (Å²) in [4.78, 5) is 52.3. The first-order valence-corrected chi connectivity index (χ1v) is 12.8. The van der Waals surface area contributed by atoms with Crippen molar-refractivity contribution in [2.45, 2.75) is 57.8 Å². The number of alkyl carbamates (subject to hydrolysis) is 1. The van der Waals surface area contributed by atoms with Crippen LogP contribution in [-0.2, 0) is 25.6 Å². The highest BCUT2D eigenvalue weighted by molar-refractivity contribution is 6.00. The van der Waals surface area contributed by atoms with Crippen LogP contribution in [-0.4, -0.2) is 52.6 Å². The third kappa shape index (κ3) is 6.36. The van der Waals surface area contributed by atoms with Crippen LogP contribution in [0.1, 0.15) is 50.8 Å². The summed E-state index contributed by atoms with van der Waals surface area (Å²) in [5.41, 5.74) is -1.30. The predicted octanol–water partition coefficient (Wildman–Crippen LogP) is 4.21. The van der Waals surface area contributed by atoms with Crippen LogP contribution in [0, 0.1) is 27.7 Å². The van der Waals surface area contributed by atoms with E-state index in [9.17, 15) is 33.3 Å². The Hall–Kier alpha value is -4.13. The van der Waals surface area contributed by atoms with Gasteiger partial charge in [0.15, 0.2) is 0 Å². The molecule has 1 saturated heterocycles. The predicted molar refractivity (Wildman–Crippen MR) is 138 cm³/mol. The van der Waals surface area contributed by atoms with Crippen LogP contribution >= 0.6 is 0 Å². The number of hydrogen-bond donors (Lipinski definition) is 2. The lowest BCUT2D eigenvalue weighted by Crippen LogP contribution is -2.54. The number of benzene rings is 2. The molecule has 0 bridgehead atoms. The number of anilines is 1. The SMILES string of the molecule is CC(C)(C)OC(=O)NC(C(=O)N1Cc2ccc([N+](=O)[O-])cc2[C@H]1C(=O)Nc1c(F)cccc1F)C1CCOCC1. The Morgan fingerprint density at radius 3 is 2.38 bits per heavy atom. The summed E-state index contributed by atoms with van der Waals surface area (Å²) >= 11 is 0.